The first-order valence-electron chi connectivity index (χ1n) is 2.73. The van der Waals surface area contributed by atoms with Crippen molar-refractivity contribution >= 4 is 22.1 Å². The number of carbonyl (C=O) groups excluding carboxylic acids is 1. The van der Waals surface area contributed by atoms with Gasteiger partial charge in [0.25, 0.3) is 0 Å². The van der Waals surface area contributed by atoms with Crippen LogP contribution in [-0.2, 0) is 9.47 Å². The molecule has 0 bridgehead atoms. The van der Waals surface area contributed by atoms with E-state index in [9.17, 15) is 4.79 Å². The lowest BCUT2D eigenvalue weighted by Gasteiger charge is -1.96. The Morgan fingerprint density at radius 1 is 1.60 bits per heavy atom. The molecule has 0 aromatic heterocycles. The van der Waals surface area contributed by atoms with Gasteiger partial charge in [0.05, 0.1) is 7.11 Å². The van der Waals surface area contributed by atoms with Gasteiger partial charge in [-0.15, -0.1) is 0 Å². The average Bonchev–Trinajstić information content (AvgIpc) is 1.98. The molecule has 0 aromatic carbocycles. The number of rotatable bonds is 3. The summed E-state index contributed by atoms with van der Waals surface area (Å²) in [5.74, 6) is 0. The van der Waals surface area contributed by atoms with Crippen molar-refractivity contribution in [3.63, 3.8) is 0 Å². The molecule has 0 saturated carbocycles. The highest BCUT2D eigenvalue weighted by atomic mass is 79.9. The van der Waals surface area contributed by atoms with Gasteiger partial charge in [-0.05, 0) is 0 Å². The van der Waals surface area contributed by atoms with Crippen LogP contribution >= 0.6 is 15.9 Å². The lowest BCUT2D eigenvalue weighted by molar-refractivity contribution is 0.0818. The molecule has 0 amide bonds. The fraction of sp³-hybridized carbons (Fsp3) is 0.500. The maximum atomic E-state index is 10.3. The third kappa shape index (κ3) is 5.62. The zero-order chi connectivity index (χ0) is 7.82. The summed E-state index contributed by atoms with van der Waals surface area (Å²) < 4.78 is 8.75. The second-order valence-corrected chi connectivity index (χ2v) is 2.04. The lowest BCUT2D eigenvalue weighted by Crippen LogP contribution is -2.03. The second kappa shape index (κ2) is 6.61. The van der Waals surface area contributed by atoms with Crippen molar-refractivity contribution in [3.8, 4) is 0 Å². The van der Waals surface area contributed by atoms with Crippen molar-refractivity contribution in [2.45, 2.75) is 0 Å². The van der Waals surface area contributed by atoms with Crippen LogP contribution in [0.25, 0.3) is 0 Å². The maximum absolute atomic E-state index is 10.3. The Kier molecular flexibility index (Phi) is 6.27. The largest absolute Gasteiger partial charge is 0.508 e. The molecule has 0 rings (SSSR count). The Balaban J connectivity index is 3.19. The minimum atomic E-state index is -0.653. The van der Waals surface area contributed by atoms with Gasteiger partial charge in [0.15, 0.2) is 0 Å². The molecule has 0 N–H and O–H groups in total. The third-order valence-electron chi connectivity index (χ3n) is 0.720. The molecule has 0 aliphatic rings. The summed E-state index contributed by atoms with van der Waals surface area (Å²) in [6.07, 6.45) is 2.91. The molecule has 0 heterocycles. The molecule has 10 heavy (non-hydrogen) atoms. The maximum Gasteiger partial charge on any atom is 0.508 e. The van der Waals surface area contributed by atoms with Crippen LogP contribution in [0.15, 0.2) is 12.2 Å². The average molecular weight is 209 g/mol. The van der Waals surface area contributed by atoms with E-state index in [0.29, 0.717) is 0 Å². The van der Waals surface area contributed by atoms with Crippen LogP contribution in [0, 0.1) is 0 Å². The second-order valence-electron chi connectivity index (χ2n) is 1.39. The van der Waals surface area contributed by atoms with Gasteiger partial charge >= 0.3 is 6.16 Å². The van der Waals surface area contributed by atoms with E-state index in [-0.39, 0.29) is 6.61 Å². The van der Waals surface area contributed by atoms with E-state index < -0.39 is 6.16 Å². The molecule has 0 unspecified atom stereocenters. The quantitative estimate of drug-likeness (QED) is 0.403. The van der Waals surface area contributed by atoms with Crippen LogP contribution < -0.4 is 0 Å². The van der Waals surface area contributed by atoms with Crippen LogP contribution in [0.4, 0.5) is 4.79 Å². The Hall–Kier alpha value is -0.510. The first-order valence-corrected chi connectivity index (χ1v) is 3.85. The van der Waals surface area contributed by atoms with Crippen LogP contribution in [0.2, 0.25) is 0 Å². The predicted octanol–water partition coefficient (Wildman–Crippen LogP) is 1.72. The van der Waals surface area contributed by atoms with Gasteiger partial charge in [-0.2, -0.15) is 0 Å². The molecular formula is C6H9BrO3. The highest BCUT2D eigenvalue weighted by molar-refractivity contribution is 9.09. The van der Waals surface area contributed by atoms with Crippen LogP contribution in [-0.4, -0.2) is 25.2 Å². The van der Waals surface area contributed by atoms with E-state index in [2.05, 4.69) is 25.4 Å². The fourth-order valence-electron chi connectivity index (χ4n) is 0.306. The predicted molar refractivity (Wildman–Crippen MR) is 41.3 cm³/mol. The highest BCUT2D eigenvalue weighted by Gasteiger charge is 1.94. The standard InChI is InChI=1S/C6H9BrO3/c1-9-6(8)10-5-3-2-4-7/h2-3H,4-5H2,1H3/b3-2+. The van der Waals surface area contributed by atoms with Crippen molar-refractivity contribution in [2.75, 3.05) is 19.0 Å². The Bertz CT molecular complexity index is 122. The Morgan fingerprint density at radius 2 is 2.30 bits per heavy atom. The summed E-state index contributed by atoms with van der Waals surface area (Å²) >= 11 is 3.18. The number of allylic oxidation sites excluding steroid dienone is 1. The summed E-state index contributed by atoms with van der Waals surface area (Å²) in [6, 6.07) is 0. The molecule has 58 valence electrons. The number of methoxy groups -OCH3 is 1. The molecule has 0 aliphatic heterocycles. The van der Waals surface area contributed by atoms with Crippen LogP contribution in [0.3, 0.4) is 0 Å². The molecule has 0 aliphatic carbocycles. The highest BCUT2D eigenvalue weighted by Crippen LogP contribution is 1.85. The molecule has 4 heteroatoms. The third-order valence-corrected chi connectivity index (χ3v) is 1.09. The topological polar surface area (TPSA) is 35.5 Å². The zero-order valence-electron chi connectivity index (χ0n) is 5.67. The van der Waals surface area contributed by atoms with Crippen molar-refractivity contribution in [2.24, 2.45) is 0 Å². The van der Waals surface area contributed by atoms with Crippen LogP contribution in [0.5, 0.6) is 0 Å². The molecule has 0 atom stereocenters. The number of carbonyl (C=O) groups is 1. The van der Waals surface area contributed by atoms with Gasteiger partial charge in [-0.3, -0.25) is 0 Å². The monoisotopic (exact) mass is 208 g/mol. The number of alkyl halides is 1. The molecule has 0 saturated heterocycles. The lowest BCUT2D eigenvalue weighted by atomic mass is 10.6. The first kappa shape index (κ1) is 9.49. The Labute approximate surface area is 68.1 Å². The molecular weight excluding hydrogens is 200 g/mol. The Morgan fingerprint density at radius 3 is 2.80 bits per heavy atom. The summed E-state index contributed by atoms with van der Waals surface area (Å²) in [6.45, 7) is 0.262. The smallest absolute Gasteiger partial charge is 0.438 e. The number of halogens is 1. The SMILES string of the molecule is COC(=O)OC/C=C/CBr. The van der Waals surface area contributed by atoms with Gasteiger partial charge in [0.2, 0.25) is 0 Å². The van der Waals surface area contributed by atoms with E-state index in [4.69, 9.17) is 0 Å². The summed E-state index contributed by atoms with van der Waals surface area (Å²) in [5, 5.41) is 0.761. The molecule has 3 nitrogen and oxygen atoms in total. The summed E-state index contributed by atoms with van der Waals surface area (Å²) in [5.41, 5.74) is 0. The van der Waals surface area contributed by atoms with Gasteiger partial charge < -0.3 is 9.47 Å². The van der Waals surface area contributed by atoms with Gasteiger partial charge in [-0.1, -0.05) is 28.1 Å². The minimum absolute atomic E-state index is 0.262. The summed E-state index contributed by atoms with van der Waals surface area (Å²) in [7, 11) is 1.27. The van der Waals surface area contributed by atoms with Gasteiger partial charge in [0, 0.05) is 5.33 Å². The van der Waals surface area contributed by atoms with Crippen molar-refractivity contribution in [1.82, 2.24) is 0 Å². The molecule has 0 aromatic rings. The number of ether oxygens (including phenoxy) is 2. The fourth-order valence-corrected chi connectivity index (χ4v) is 0.570. The molecule has 0 fully saturated rings. The van der Waals surface area contributed by atoms with Crippen molar-refractivity contribution in [1.29, 1.82) is 0 Å². The van der Waals surface area contributed by atoms with E-state index >= 15 is 0 Å². The van der Waals surface area contributed by atoms with E-state index in [1.807, 2.05) is 6.08 Å². The first-order chi connectivity index (χ1) is 4.81. The zero-order valence-corrected chi connectivity index (χ0v) is 7.26. The van der Waals surface area contributed by atoms with Gasteiger partial charge in [0.1, 0.15) is 6.61 Å². The number of hydrogen-bond donors (Lipinski definition) is 0. The van der Waals surface area contributed by atoms with E-state index in [1.165, 1.54) is 7.11 Å². The normalized spacial score (nSPS) is 9.80. The van der Waals surface area contributed by atoms with Crippen LogP contribution in [0.1, 0.15) is 0 Å². The summed E-state index contributed by atoms with van der Waals surface area (Å²) in [4.78, 5) is 10.3. The van der Waals surface area contributed by atoms with Crippen molar-refractivity contribution in [3.05, 3.63) is 12.2 Å². The molecule has 0 radical (unpaired) electrons. The minimum Gasteiger partial charge on any atom is -0.438 e. The number of hydrogen-bond acceptors (Lipinski definition) is 3. The molecule has 0 spiro atoms. The van der Waals surface area contributed by atoms with Crippen molar-refractivity contribution < 1.29 is 14.3 Å². The van der Waals surface area contributed by atoms with E-state index in [1.54, 1.807) is 6.08 Å². The van der Waals surface area contributed by atoms with E-state index in [0.717, 1.165) is 5.33 Å². The van der Waals surface area contributed by atoms with Gasteiger partial charge in [-0.25, -0.2) is 4.79 Å².